The molecule has 11 amide bonds. The van der Waals surface area contributed by atoms with E-state index in [0.29, 0.717) is 79.2 Å². The number of aliphatic hydroxyl groups is 1. The Balaban J connectivity index is 0.000000118. The fourth-order valence-electron chi connectivity index (χ4n) is 21.3. The average molecular weight is 2200 g/mol. The summed E-state index contributed by atoms with van der Waals surface area (Å²) >= 11 is 12.5. The fraction of sp³-hybridized carbons (Fsp3) is 0.485. The van der Waals surface area contributed by atoms with Gasteiger partial charge < -0.3 is 65.6 Å². The first-order chi connectivity index (χ1) is 71.5. The molecule has 13 aliphatic rings. The molecule has 2 fully saturated rings. The zero-order chi connectivity index (χ0) is 106. The third kappa shape index (κ3) is 22.4. The number of benzene rings is 5. The number of aromatic nitrogens is 10. The number of carbonyl (C=O) groups excluding carboxylic acids is 6. The van der Waals surface area contributed by atoms with Crippen LogP contribution in [0.5, 0.6) is 23.5 Å². The van der Waals surface area contributed by atoms with E-state index in [2.05, 4.69) is 99.2 Å². The van der Waals surface area contributed by atoms with E-state index in [0.717, 1.165) is 239 Å². The zero-order valence-corrected chi connectivity index (χ0v) is 89.6. The van der Waals surface area contributed by atoms with Gasteiger partial charge in [-0.1, -0.05) is 69.1 Å². The lowest BCUT2D eigenvalue weighted by Gasteiger charge is -2.29. The molecule has 5 aromatic carbocycles. The van der Waals surface area contributed by atoms with Gasteiger partial charge in [-0.3, -0.25) is 9.48 Å². The van der Waals surface area contributed by atoms with E-state index in [9.17, 15) is 76.0 Å². The summed E-state index contributed by atoms with van der Waals surface area (Å²) in [5, 5.41) is 48.5. The summed E-state index contributed by atoms with van der Waals surface area (Å²) in [6.07, 6.45) is 28.1. The van der Waals surface area contributed by atoms with Gasteiger partial charge in [0.15, 0.2) is 19.6 Å². The number of hydrogen-bond acceptors (Lipinski definition) is 28. The molecule has 44 nitrogen and oxygen atoms in total. The van der Waals surface area contributed by atoms with Crippen molar-refractivity contribution < 1.29 is 99.6 Å². The van der Waals surface area contributed by atoms with E-state index < -0.39 is 91.8 Å². The monoisotopic (exact) mass is 2200 g/mol. The van der Waals surface area contributed by atoms with E-state index in [4.69, 9.17) is 46.9 Å². The molecule has 12 N–H and O–H groups in total. The molecule has 5 aliphatic heterocycles. The van der Waals surface area contributed by atoms with Gasteiger partial charge in [0, 0.05) is 72.2 Å². The van der Waals surface area contributed by atoms with Gasteiger partial charge >= 0.3 is 30.2 Å². The summed E-state index contributed by atoms with van der Waals surface area (Å²) in [6, 6.07) is 10.0. The molecule has 51 heteroatoms. The molecule has 8 aliphatic carbocycles. The fourth-order valence-corrected chi connectivity index (χ4v) is 26.8. The Labute approximate surface area is 877 Å². The highest BCUT2D eigenvalue weighted by molar-refractivity contribution is 7.91. The summed E-state index contributed by atoms with van der Waals surface area (Å²) in [5.41, 5.74) is 20.3. The minimum Gasteiger partial charge on any atom is -0.477 e. The second kappa shape index (κ2) is 42.5. The lowest BCUT2D eigenvalue weighted by Crippen LogP contribution is -2.42. The van der Waals surface area contributed by atoms with Gasteiger partial charge in [-0.2, -0.15) is 25.5 Å². The predicted octanol–water partition coefficient (Wildman–Crippen LogP) is 11.6. The molecule has 802 valence electrons. The predicted molar refractivity (Wildman–Crippen MR) is 552 cm³/mol. The molecule has 2 saturated carbocycles. The Kier molecular flexibility index (Phi) is 30.0. The normalized spacial score (nSPS) is 18.8. The van der Waals surface area contributed by atoms with Gasteiger partial charge in [0.25, 0.3) is 56.0 Å². The van der Waals surface area contributed by atoms with Gasteiger partial charge in [0.05, 0.1) is 69.8 Å². The minimum absolute atomic E-state index is 0.0170. The lowest BCUT2D eigenvalue weighted by atomic mass is 9.92. The van der Waals surface area contributed by atoms with E-state index in [1.165, 1.54) is 74.1 Å². The number of methoxy groups -OCH3 is 1. The minimum atomic E-state index is -4.26. The number of likely N-dealkylation sites (N-methyl/N-ethyl adjacent to an activating group) is 2. The molecular formula is C99H120Cl2N22O22S5. The number of carbonyl (C=O) groups is 6. The maximum atomic E-state index is 12.9. The van der Waals surface area contributed by atoms with Gasteiger partial charge in [-0.25, -0.2) is 108 Å². The van der Waals surface area contributed by atoms with Crippen LogP contribution in [0.15, 0.2) is 97.9 Å². The molecule has 1 unspecified atom stereocenters. The highest BCUT2D eigenvalue weighted by Gasteiger charge is 2.43. The van der Waals surface area contributed by atoms with Crippen LogP contribution in [-0.2, 0) is 165 Å². The highest BCUT2D eigenvalue weighted by Crippen LogP contribution is 2.52. The van der Waals surface area contributed by atoms with Crippen LogP contribution in [0.4, 0.5) is 52.4 Å². The van der Waals surface area contributed by atoms with Crippen molar-refractivity contribution in [3.63, 3.8) is 0 Å². The molecule has 0 bridgehead atoms. The Morgan fingerprint density at radius 2 is 0.767 bits per heavy atom. The highest BCUT2D eigenvalue weighted by atomic mass is 35.5. The van der Waals surface area contributed by atoms with Crippen molar-refractivity contribution in [2.24, 2.45) is 0 Å². The Hall–Kier alpha value is -12.6. The summed E-state index contributed by atoms with van der Waals surface area (Å²) in [5.74, 6) is 0.820. The molecule has 5 aromatic heterocycles. The Morgan fingerprint density at radius 3 is 1.17 bits per heavy atom. The van der Waals surface area contributed by atoms with Crippen LogP contribution >= 0.6 is 23.2 Å². The van der Waals surface area contributed by atoms with Crippen molar-refractivity contribution in [1.29, 1.82) is 0 Å². The number of aryl methyl sites for hydroxylation is 7. The number of halogens is 2. The summed E-state index contributed by atoms with van der Waals surface area (Å²) in [7, 11) is -15.9. The van der Waals surface area contributed by atoms with Crippen molar-refractivity contribution in [3.8, 4) is 23.5 Å². The van der Waals surface area contributed by atoms with Crippen molar-refractivity contribution >= 4 is 138 Å². The van der Waals surface area contributed by atoms with E-state index in [1.807, 2.05) is 46.9 Å². The van der Waals surface area contributed by atoms with Crippen molar-refractivity contribution in [1.82, 2.24) is 82.7 Å². The van der Waals surface area contributed by atoms with Crippen molar-refractivity contribution in [2.45, 2.75) is 281 Å². The molecule has 10 aromatic rings. The zero-order valence-electron chi connectivity index (χ0n) is 84.0. The number of nitrogens with one attached hydrogen (secondary N) is 11. The molecule has 150 heavy (non-hydrogen) atoms. The number of nitrogens with zero attached hydrogens (tertiary/aromatic N) is 11. The maximum absolute atomic E-state index is 12.9. The SMILES string of the molecule is CC1(O)COc2c(S(=O)(=O)NC(=O)Nc3c4c(cc5c3CCC5)CCC4)cnn2C1.CN1CCn2ncc(S(=O)(=O)NC(=O)Nc3c4c(cc5c3CCC5)CCC4)c2C1=O.CN[C@@H]1COc2c(S(=O)(=O)NC(=O)Nc3c4c(cc5c3CCC5)CCC4)cnn2C1.CO[C@H]1COc2c(S(=O)(=O)NC(=O)Nc3c(C(C)C)cc(Cl)cc3C(C)C)cnn2C1.O=C(Nc1c(C2CC2)cc(Cl)cc1C1CC1)NS(=O)(=O)c1cnn2c1OCCC2. The van der Waals surface area contributed by atoms with E-state index in [-0.39, 0.29) is 97.4 Å². The van der Waals surface area contributed by atoms with Crippen LogP contribution in [-0.4, -0.2) is 209 Å². The average Bonchev–Trinajstić information content (AvgIpc) is 1.64. The van der Waals surface area contributed by atoms with Crippen molar-refractivity contribution in [3.05, 3.63) is 178 Å². The Bertz CT molecular complexity index is 7540. The first-order valence-electron chi connectivity index (χ1n) is 50.3. The largest absolute Gasteiger partial charge is 0.477 e. The first-order valence-corrected chi connectivity index (χ1v) is 58.5. The smallest absolute Gasteiger partial charge is 0.333 e. The molecule has 0 spiro atoms. The summed E-state index contributed by atoms with van der Waals surface area (Å²) < 4.78 is 173. The second-order valence-corrected chi connectivity index (χ2v) is 49.7. The van der Waals surface area contributed by atoms with E-state index in [1.54, 1.807) is 33.2 Å². The van der Waals surface area contributed by atoms with Gasteiger partial charge in [0.1, 0.15) is 42.1 Å². The number of amides is 11. The number of rotatable bonds is 21. The standard InChI is InChI=1S/C20H27ClN4O5S.C20H25N5O4S.C20H23N5O4S.C20H24N4O5S.C19H21ClN4O4S/c1-11(2)15-6-13(21)7-16(12(3)4)18(15)23-20(26)24-31(27,28)17-8-22-25-9-14(29-5)10-30-19(17)25;1-21-14-10-25-19(29-11-14)17(9-22-25)30(27,28)24-20(26)23-18-15-6-2-4-12(15)8-13-5-3-7-16(13)18;1-24-8-9-25-18(19(24)26)16(11-21-25)30(28,29)23-20(27)22-17-14-6-2-4-12(14)10-13-5-3-7-15(13)17;1-20(26)10-24-18(29-11-20)16(9-21-24)30(27,28)23-19(25)22-17-14-6-2-4-12(14)8-13-5-3-7-15(13)17;20-13-8-14(11-2-3-11)17(15(9-13)12-4-5-12)22-19(25)23-29(26,27)16-10-21-24-6-1-7-28-18(16)24/h6-8,11-12,14H,9-10H2,1-5H3,(H2,23,24,26);8-9,14,21H,2-7,10-11H2,1H3,(H2,23,24,26);10-11H,2-9H2,1H3,(H2,22,23,27);8-9,26H,2-7,10-11H2,1H3,(H2,22,23,25);8-12H,1-7H2,(H2,22,23,25)/t2*14-;;;/m10.../s1. The summed E-state index contributed by atoms with van der Waals surface area (Å²) in [4.78, 5) is 76.4. The summed E-state index contributed by atoms with van der Waals surface area (Å²) in [6.45, 7) is 12.7. The number of sulfonamides is 5. The first kappa shape index (κ1) is 106. The van der Waals surface area contributed by atoms with Crippen molar-refractivity contribution in [2.75, 3.05) is 80.8 Å². The maximum Gasteiger partial charge on any atom is 0.333 e. The van der Waals surface area contributed by atoms with Crippen LogP contribution in [0.1, 0.15) is 228 Å². The molecule has 3 atom stereocenters. The second-order valence-electron chi connectivity index (χ2n) is 40.5. The van der Waals surface area contributed by atoms with Crippen LogP contribution in [0.25, 0.3) is 0 Å². The lowest BCUT2D eigenvalue weighted by molar-refractivity contribution is -0.0325. The Morgan fingerprint density at radius 1 is 0.420 bits per heavy atom. The van der Waals surface area contributed by atoms with Crippen LogP contribution < -0.4 is 74.5 Å². The number of ether oxygens (including phenoxy) is 5. The molecule has 0 radical (unpaired) electrons. The quantitative estimate of drug-likeness (QED) is 0.0318. The van der Waals surface area contributed by atoms with Gasteiger partial charge in [0.2, 0.25) is 23.5 Å². The van der Waals surface area contributed by atoms with Crippen LogP contribution in [0, 0.1) is 0 Å². The van der Waals surface area contributed by atoms with Gasteiger partial charge in [-0.15, -0.1) is 0 Å². The molecule has 10 heterocycles. The number of anilines is 5. The number of urea groups is 5. The van der Waals surface area contributed by atoms with E-state index >= 15 is 0 Å². The number of hydrogen-bond donors (Lipinski definition) is 12. The third-order valence-electron chi connectivity index (χ3n) is 28.9. The topological polar surface area (TPSA) is 564 Å². The molecular weight excluding hydrogens is 2080 g/mol. The third-order valence-corrected chi connectivity index (χ3v) is 36.0. The molecule has 23 rings (SSSR count). The van der Waals surface area contributed by atoms with Gasteiger partial charge in [-0.05, 0) is 292 Å². The molecule has 0 saturated heterocycles. The number of fused-ring (bicyclic) bond motifs is 11. The van der Waals surface area contributed by atoms with Crippen LogP contribution in [0.3, 0.4) is 0 Å². The van der Waals surface area contributed by atoms with Crippen LogP contribution in [0.2, 0.25) is 10.0 Å².